The Balaban J connectivity index is 1.45. The molecule has 0 fully saturated rings. The van der Waals surface area contributed by atoms with E-state index >= 15 is 0 Å². The Hall–Kier alpha value is -3.12. The number of rotatable bonds is 6. The highest BCUT2D eigenvalue weighted by Crippen LogP contribution is 2.44. The highest BCUT2D eigenvalue weighted by Gasteiger charge is 2.29. The van der Waals surface area contributed by atoms with Gasteiger partial charge >= 0.3 is 6.09 Å². The van der Waals surface area contributed by atoms with Crippen molar-refractivity contribution in [3.8, 4) is 11.1 Å². The molecule has 1 aliphatic carbocycles. The number of carbonyl (C=O) groups is 1. The van der Waals surface area contributed by atoms with E-state index in [0.717, 1.165) is 5.56 Å². The number of aromatic amines is 1. The Morgan fingerprint density at radius 3 is 2.44 bits per heavy atom. The number of hydrogen-bond acceptors (Lipinski definition) is 4. The van der Waals surface area contributed by atoms with E-state index in [1.54, 1.807) is 6.20 Å². The van der Waals surface area contributed by atoms with Crippen LogP contribution in [0.25, 0.3) is 11.1 Å². The number of nitrogens with zero attached hydrogens (tertiary/aromatic N) is 1. The number of aliphatic hydroxyl groups is 1. The maximum atomic E-state index is 12.3. The van der Waals surface area contributed by atoms with E-state index in [-0.39, 0.29) is 19.1 Å². The van der Waals surface area contributed by atoms with Crippen molar-refractivity contribution in [3.05, 3.63) is 71.4 Å². The van der Waals surface area contributed by atoms with E-state index in [0.29, 0.717) is 18.7 Å². The van der Waals surface area contributed by atoms with Crippen LogP contribution in [0.3, 0.4) is 0 Å². The Labute approximate surface area is 157 Å². The average molecular weight is 363 g/mol. The van der Waals surface area contributed by atoms with Gasteiger partial charge in [0.2, 0.25) is 0 Å². The second kappa shape index (κ2) is 7.63. The number of ether oxygens (including phenoxy) is 1. The van der Waals surface area contributed by atoms with Crippen LogP contribution < -0.4 is 5.32 Å². The van der Waals surface area contributed by atoms with Gasteiger partial charge in [-0.1, -0.05) is 48.5 Å². The highest BCUT2D eigenvalue weighted by atomic mass is 16.5. The number of hydrogen-bond donors (Lipinski definition) is 3. The van der Waals surface area contributed by atoms with Gasteiger partial charge in [0.1, 0.15) is 12.4 Å². The molecule has 3 aromatic rings. The Morgan fingerprint density at radius 1 is 1.11 bits per heavy atom. The number of aryl methyl sites for hydroxylation is 1. The third-order valence-corrected chi connectivity index (χ3v) is 4.89. The summed E-state index contributed by atoms with van der Waals surface area (Å²) >= 11 is 0. The van der Waals surface area contributed by atoms with Crippen molar-refractivity contribution >= 4 is 11.9 Å². The number of aliphatic hydroxyl groups excluding tert-OH is 1. The fourth-order valence-corrected chi connectivity index (χ4v) is 3.61. The zero-order valence-corrected chi connectivity index (χ0v) is 14.8. The lowest BCUT2D eigenvalue weighted by Gasteiger charge is -2.14. The summed E-state index contributed by atoms with van der Waals surface area (Å²) in [4.78, 5) is 12.3. The average Bonchev–Trinajstić information content (AvgIpc) is 3.27. The number of fused-ring (bicyclic) bond motifs is 3. The van der Waals surface area contributed by atoms with Crippen LogP contribution in [0.2, 0.25) is 0 Å². The van der Waals surface area contributed by atoms with E-state index in [1.165, 1.54) is 22.3 Å². The quantitative estimate of drug-likeness (QED) is 0.623. The van der Waals surface area contributed by atoms with E-state index in [2.05, 4.69) is 39.8 Å². The summed E-state index contributed by atoms with van der Waals surface area (Å²) in [5.41, 5.74) is 5.59. The van der Waals surface area contributed by atoms with Crippen molar-refractivity contribution in [2.24, 2.45) is 0 Å². The molecule has 0 radical (unpaired) electrons. The molecule has 6 heteroatoms. The molecule has 0 saturated carbocycles. The molecule has 0 aliphatic heterocycles. The third kappa shape index (κ3) is 3.44. The molecule has 1 amide bonds. The first-order valence-electron chi connectivity index (χ1n) is 9.03. The zero-order valence-electron chi connectivity index (χ0n) is 14.8. The summed E-state index contributed by atoms with van der Waals surface area (Å²) in [5, 5.41) is 18.4. The van der Waals surface area contributed by atoms with Gasteiger partial charge in [-0.25, -0.2) is 4.79 Å². The predicted octanol–water partition coefficient (Wildman–Crippen LogP) is 3.70. The largest absolute Gasteiger partial charge is 0.448 e. The number of H-pyrrole nitrogens is 1. The minimum absolute atomic E-state index is 0.0266. The lowest BCUT2D eigenvalue weighted by molar-refractivity contribution is 0.158. The van der Waals surface area contributed by atoms with E-state index < -0.39 is 6.09 Å². The van der Waals surface area contributed by atoms with Gasteiger partial charge in [0.15, 0.2) is 0 Å². The van der Waals surface area contributed by atoms with Crippen LogP contribution >= 0.6 is 0 Å². The first kappa shape index (κ1) is 17.3. The molecule has 1 aliphatic rings. The fraction of sp³-hybridized carbons (Fsp3) is 0.238. The molecule has 0 bridgehead atoms. The summed E-state index contributed by atoms with van der Waals surface area (Å²) in [6.07, 6.45) is 2.37. The van der Waals surface area contributed by atoms with Gasteiger partial charge in [0.05, 0.1) is 6.20 Å². The van der Waals surface area contributed by atoms with Gasteiger partial charge in [-0.15, -0.1) is 0 Å². The maximum Gasteiger partial charge on any atom is 0.412 e. The molecule has 2 aromatic carbocycles. The summed E-state index contributed by atoms with van der Waals surface area (Å²) in [6, 6.07) is 16.5. The van der Waals surface area contributed by atoms with Crippen LogP contribution in [0.5, 0.6) is 0 Å². The number of carbonyl (C=O) groups excluding carboxylic acids is 1. The van der Waals surface area contributed by atoms with Crippen LogP contribution in [-0.4, -0.2) is 34.6 Å². The molecule has 0 unspecified atom stereocenters. The molecule has 1 heterocycles. The smallest absolute Gasteiger partial charge is 0.412 e. The van der Waals surface area contributed by atoms with Crippen molar-refractivity contribution < 1.29 is 14.6 Å². The highest BCUT2D eigenvalue weighted by molar-refractivity contribution is 5.84. The molecule has 0 saturated heterocycles. The van der Waals surface area contributed by atoms with Crippen LogP contribution in [0, 0.1) is 0 Å². The first-order chi connectivity index (χ1) is 13.3. The Bertz CT molecular complexity index is 906. The van der Waals surface area contributed by atoms with Crippen molar-refractivity contribution in [1.29, 1.82) is 0 Å². The third-order valence-electron chi connectivity index (χ3n) is 4.89. The lowest BCUT2D eigenvalue weighted by Crippen LogP contribution is -2.18. The lowest BCUT2D eigenvalue weighted by atomic mass is 9.98. The zero-order chi connectivity index (χ0) is 18.6. The second-order valence-corrected chi connectivity index (χ2v) is 6.55. The SMILES string of the molecule is O=C(Nc1[nH]ncc1CCCO)OCC1c2ccccc2-c2ccccc21. The first-order valence-corrected chi connectivity index (χ1v) is 9.03. The number of aromatic nitrogens is 2. The predicted molar refractivity (Wildman–Crippen MR) is 103 cm³/mol. The van der Waals surface area contributed by atoms with Gasteiger partial charge in [0, 0.05) is 18.1 Å². The van der Waals surface area contributed by atoms with E-state index in [4.69, 9.17) is 9.84 Å². The summed E-state index contributed by atoms with van der Waals surface area (Å²) in [7, 11) is 0. The standard InChI is InChI=1S/C21H21N3O3/c25-11-5-6-14-12-22-24-20(14)23-21(26)27-13-19-17-9-3-1-7-15(17)16-8-2-4-10-18(16)19/h1-4,7-10,12,19,25H,5-6,11,13H2,(H2,22,23,24,26). The van der Waals surface area contributed by atoms with E-state index in [9.17, 15) is 4.79 Å². The maximum absolute atomic E-state index is 12.3. The number of anilines is 1. The minimum Gasteiger partial charge on any atom is -0.448 e. The molecule has 3 N–H and O–H groups in total. The van der Waals surface area contributed by atoms with Gasteiger partial charge in [-0.05, 0) is 35.1 Å². The molecular formula is C21H21N3O3. The monoisotopic (exact) mass is 363 g/mol. The number of nitrogens with one attached hydrogen (secondary N) is 2. The molecule has 4 rings (SSSR count). The van der Waals surface area contributed by atoms with Gasteiger partial charge in [-0.3, -0.25) is 10.4 Å². The molecule has 138 valence electrons. The molecule has 0 spiro atoms. The number of benzene rings is 2. The van der Waals surface area contributed by atoms with Crippen LogP contribution in [0.1, 0.15) is 29.0 Å². The summed E-state index contributed by atoms with van der Waals surface area (Å²) < 4.78 is 5.53. The fourth-order valence-electron chi connectivity index (χ4n) is 3.61. The number of amides is 1. The van der Waals surface area contributed by atoms with Crippen molar-refractivity contribution in [3.63, 3.8) is 0 Å². The summed E-state index contributed by atoms with van der Waals surface area (Å²) in [5.74, 6) is 0.541. The van der Waals surface area contributed by atoms with Gasteiger partial charge in [0.25, 0.3) is 0 Å². The topological polar surface area (TPSA) is 87.2 Å². The van der Waals surface area contributed by atoms with Crippen LogP contribution in [0.15, 0.2) is 54.7 Å². The second-order valence-electron chi connectivity index (χ2n) is 6.55. The Morgan fingerprint density at radius 2 is 1.78 bits per heavy atom. The van der Waals surface area contributed by atoms with Crippen molar-refractivity contribution in [1.82, 2.24) is 10.2 Å². The Kier molecular flexibility index (Phi) is 4.89. The normalized spacial score (nSPS) is 12.5. The molecular weight excluding hydrogens is 342 g/mol. The molecule has 6 nitrogen and oxygen atoms in total. The van der Waals surface area contributed by atoms with Crippen molar-refractivity contribution in [2.45, 2.75) is 18.8 Å². The van der Waals surface area contributed by atoms with Crippen molar-refractivity contribution in [2.75, 3.05) is 18.5 Å². The minimum atomic E-state index is -0.522. The van der Waals surface area contributed by atoms with Crippen LogP contribution in [-0.2, 0) is 11.2 Å². The summed E-state index contributed by atoms with van der Waals surface area (Å²) in [6.45, 7) is 0.357. The molecule has 27 heavy (non-hydrogen) atoms. The van der Waals surface area contributed by atoms with Crippen LogP contribution in [0.4, 0.5) is 10.6 Å². The van der Waals surface area contributed by atoms with Gasteiger partial charge in [-0.2, -0.15) is 5.10 Å². The van der Waals surface area contributed by atoms with E-state index in [1.807, 2.05) is 24.3 Å². The molecule has 0 atom stereocenters. The van der Waals surface area contributed by atoms with Gasteiger partial charge < -0.3 is 9.84 Å². The molecule has 1 aromatic heterocycles.